The molecule has 2 aromatic heterocycles. The third-order valence-corrected chi connectivity index (χ3v) is 3.83. The van der Waals surface area contributed by atoms with Crippen molar-refractivity contribution in [2.45, 2.75) is 0 Å². The second kappa shape index (κ2) is 2.22. The predicted molar refractivity (Wildman–Crippen MR) is 50.5 cm³/mol. The molecule has 3 heteroatoms. The van der Waals surface area contributed by atoms with Gasteiger partial charge in [-0.1, -0.05) is 0 Å². The summed E-state index contributed by atoms with van der Waals surface area (Å²) in [5, 5.41) is 3.32. The molecule has 0 aliphatic rings. The van der Waals surface area contributed by atoms with E-state index in [0.717, 1.165) is 5.52 Å². The van der Waals surface area contributed by atoms with Crippen LogP contribution in [0.15, 0.2) is 29.5 Å². The van der Waals surface area contributed by atoms with Gasteiger partial charge in [-0.25, -0.2) is 0 Å². The molecule has 0 saturated carbocycles. The summed E-state index contributed by atoms with van der Waals surface area (Å²) in [5.41, 5.74) is 2.41. The monoisotopic (exact) mass is 222 g/mol. The van der Waals surface area contributed by atoms with Crippen LogP contribution in [-0.4, -0.2) is 24.5 Å². The van der Waals surface area contributed by atoms with Gasteiger partial charge in [0.1, 0.15) is 0 Å². The average Bonchev–Trinajstić information content (AvgIpc) is 2.71. The first kappa shape index (κ1) is 6.46. The van der Waals surface area contributed by atoms with Gasteiger partial charge >= 0.3 is 74.6 Å². The van der Waals surface area contributed by atoms with E-state index in [1.165, 1.54) is 15.2 Å². The standard InChI is InChI=1S/C9H6N2Se/c1-2-7-9(12-5-11-7)8-6(1)3-4-10-8/h1-5,10H. The van der Waals surface area contributed by atoms with Crippen LogP contribution in [0.1, 0.15) is 0 Å². The summed E-state index contributed by atoms with van der Waals surface area (Å²) in [5.74, 6) is 0. The van der Waals surface area contributed by atoms with Crippen LogP contribution in [0.4, 0.5) is 0 Å². The van der Waals surface area contributed by atoms with Gasteiger partial charge in [0.25, 0.3) is 0 Å². The fourth-order valence-corrected chi connectivity index (χ4v) is 3.14. The Bertz CT molecular complexity index is 486. The van der Waals surface area contributed by atoms with Gasteiger partial charge in [-0.2, -0.15) is 0 Å². The number of benzene rings is 1. The van der Waals surface area contributed by atoms with E-state index in [2.05, 4.69) is 28.2 Å². The van der Waals surface area contributed by atoms with Gasteiger partial charge in [-0.3, -0.25) is 0 Å². The van der Waals surface area contributed by atoms with Crippen molar-refractivity contribution in [3.63, 3.8) is 0 Å². The van der Waals surface area contributed by atoms with E-state index >= 15 is 0 Å². The first-order valence-corrected chi connectivity index (χ1v) is 5.59. The molecule has 3 aromatic rings. The second-order valence-corrected chi connectivity index (χ2v) is 4.50. The number of fused-ring (bicyclic) bond motifs is 3. The molecule has 1 aromatic carbocycles. The Labute approximate surface area is 75.0 Å². The van der Waals surface area contributed by atoms with Crippen molar-refractivity contribution in [1.82, 2.24) is 9.97 Å². The average molecular weight is 221 g/mol. The summed E-state index contributed by atoms with van der Waals surface area (Å²) in [6, 6.07) is 6.31. The zero-order valence-corrected chi connectivity index (χ0v) is 7.96. The Morgan fingerprint density at radius 1 is 1.25 bits per heavy atom. The summed E-state index contributed by atoms with van der Waals surface area (Å²) in [6.07, 6.45) is 1.99. The van der Waals surface area contributed by atoms with Crippen molar-refractivity contribution >= 4 is 35.2 Å². The van der Waals surface area contributed by atoms with Crippen LogP contribution in [0.3, 0.4) is 0 Å². The Kier molecular flexibility index (Phi) is 1.20. The molecule has 0 saturated heterocycles. The number of H-pyrrole nitrogens is 1. The summed E-state index contributed by atoms with van der Waals surface area (Å²) >= 11 is 0.430. The minimum absolute atomic E-state index is 0.430. The van der Waals surface area contributed by atoms with Gasteiger partial charge < -0.3 is 0 Å². The van der Waals surface area contributed by atoms with Crippen molar-refractivity contribution in [2.24, 2.45) is 0 Å². The molecule has 1 N–H and O–H groups in total. The van der Waals surface area contributed by atoms with Crippen molar-refractivity contribution in [2.75, 3.05) is 0 Å². The first-order chi connectivity index (χ1) is 5.95. The molecule has 58 valence electrons. The van der Waals surface area contributed by atoms with Crippen LogP contribution in [0, 0.1) is 0 Å². The van der Waals surface area contributed by atoms with Crippen molar-refractivity contribution in [1.29, 1.82) is 0 Å². The van der Waals surface area contributed by atoms with Gasteiger partial charge in [-0.15, -0.1) is 0 Å². The van der Waals surface area contributed by atoms with Crippen molar-refractivity contribution in [3.05, 3.63) is 29.5 Å². The van der Waals surface area contributed by atoms with E-state index in [1.807, 2.05) is 11.3 Å². The third-order valence-electron chi connectivity index (χ3n) is 2.02. The topological polar surface area (TPSA) is 28.7 Å². The number of aromatic nitrogens is 2. The number of nitrogens with one attached hydrogen (secondary N) is 1. The molecule has 0 unspecified atom stereocenters. The van der Waals surface area contributed by atoms with Crippen LogP contribution < -0.4 is 0 Å². The van der Waals surface area contributed by atoms with Crippen LogP contribution in [0.2, 0.25) is 0 Å². The molecule has 0 aliphatic carbocycles. The molecular weight excluding hydrogens is 215 g/mol. The number of hydrogen-bond donors (Lipinski definition) is 1. The Morgan fingerprint density at radius 3 is 3.25 bits per heavy atom. The van der Waals surface area contributed by atoms with Crippen LogP contribution in [0.5, 0.6) is 0 Å². The number of nitrogens with zero attached hydrogens (tertiary/aromatic N) is 1. The predicted octanol–water partition coefficient (Wildman–Crippen LogP) is 1.77. The summed E-state index contributed by atoms with van der Waals surface area (Å²) in [7, 11) is 0. The fourth-order valence-electron chi connectivity index (χ4n) is 1.45. The number of hydrogen-bond acceptors (Lipinski definition) is 1. The molecule has 0 bridgehead atoms. The van der Waals surface area contributed by atoms with Gasteiger partial charge in [0, 0.05) is 0 Å². The maximum absolute atomic E-state index is 4.31. The van der Waals surface area contributed by atoms with E-state index in [-0.39, 0.29) is 0 Å². The van der Waals surface area contributed by atoms with Crippen LogP contribution in [0.25, 0.3) is 20.7 Å². The maximum atomic E-state index is 4.31. The van der Waals surface area contributed by atoms with E-state index in [1.54, 1.807) is 0 Å². The molecule has 0 spiro atoms. The van der Waals surface area contributed by atoms with Gasteiger partial charge in [0.05, 0.1) is 0 Å². The van der Waals surface area contributed by atoms with Crippen LogP contribution in [-0.2, 0) is 0 Å². The molecule has 0 aliphatic heterocycles. The number of rotatable bonds is 0. The van der Waals surface area contributed by atoms with Gasteiger partial charge in [0.15, 0.2) is 0 Å². The summed E-state index contributed by atoms with van der Waals surface area (Å²) in [4.78, 5) is 7.57. The molecule has 2 heterocycles. The molecular formula is C9H6N2Se. The molecule has 3 rings (SSSR count). The molecule has 0 amide bonds. The Morgan fingerprint density at radius 2 is 2.25 bits per heavy atom. The quantitative estimate of drug-likeness (QED) is 0.576. The molecule has 12 heavy (non-hydrogen) atoms. The zero-order chi connectivity index (χ0) is 7.97. The van der Waals surface area contributed by atoms with Gasteiger partial charge in [0.2, 0.25) is 0 Å². The second-order valence-electron chi connectivity index (χ2n) is 2.71. The Hall–Kier alpha value is -1.05. The SMILES string of the molecule is c1cc2ccc3nc[se]c3c2[nH]1. The van der Waals surface area contributed by atoms with Gasteiger partial charge in [-0.05, 0) is 0 Å². The Balaban J connectivity index is 2.71. The molecule has 0 atom stereocenters. The van der Waals surface area contributed by atoms with Crippen molar-refractivity contribution < 1.29 is 0 Å². The normalized spacial score (nSPS) is 11.3. The van der Waals surface area contributed by atoms with E-state index in [0.29, 0.717) is 14.5 Å². The first-order valence-electron chi connectivity index (χ1n) is 3.74. The molecule has 0 radical (unpaired) electrons. The van der Waals surface area contributed by atoms with Crippen molar-refractivity contribution in [3.8, 4) is 0 Å². The summed E-state index contributed by atoms with van der Waals surface area (Å²) in [6.45, 7) is 0. The summed E-state index contributed by atoms with van der Waals surface area (Å²) < 4.78 is 1.39. The minimum atomic E-state index is 0.430. The fraction of sp³-hybridized carbons (Fsp3) is 0. The van der Waals surface area contributed by atoms with E-state index in [4.69, 9.17) is 0 Å². The molecule has 0 fully saturated rings. The van der Waals surface area contributed by atoms with E-state index in [9.17, 15) is 0 Å². The molecule has 2 nitrogen and oxygen atoms in total. The third kappa shape index (κ3) is 0.724. The number of aromatic amines is 1. The zero-order valence-electron chi connectivity index (χ0n) is 6.24. The van der Waals surface area contributed by atoms with E-state index < -0.39 is 0 Å². The van der Waals surface area contributed by atoms with Crippen LogP contribution >= 0.6 is 0 Å².